The third-order valence-electron chi connectivity index (χ3n) is 4.74. The Morgan fingerprint density at radius 2 is 1.59 bits per heavy atom. The summed E-state index contributed by atoms with van der Waals surface area (Å²) in [6.07, 6.45) is 2.06. The summed E-state index contributed by atoms with van der Waals surface area (Å²) in [6, 6.07) is 20.0. The summed E-state index contributed by atoms with van der Waals surface area (Å²) in [5.74, 6) is 0.0919. The largest absolute Gasteiger partial charge is 0.347 e. The van der Waals surface area contributed by atoms with Crippen LogP contribution in [0.15, 0.2) is 66.9 Å². The molecular weight excluding hydrogens is 336 g/mol. The van der Waals surface area contributed by atoms with Crippen LogP contribution < -0.4 is 0 Å². The molecule has 0 saturated carbocycles. The lowest BCUT2D eigenvalue weighted by Gasteiger charge is -2.26. The van der Waals surface area contributed by atoms with Gasteiger partial charge in [0.05, 0.1) is 17.4 Å². The molecule has 0 spiro atoms. The highest BCUT2D eigenvalue weighted by Crippen LogP contribution is 2.25. The molecule has 0 unspecified atom stereocenters. The first-order chi connectivity index (χ1) is 13.0. The Hall–Kier alpha value is -2.92. The summed E-state index contributed by atoms with van der Waals surface area (Å²) in [6.45, 7) is 2.57. The monoisotopic (exact) mass is 362 g/mol. The Kier molecular flexibility index (Phi) is 5.72. The van der Waals surface area contributed by atoms with Crippen molar-refractivity contribution in [3.8, 4) is 16.9 Å². The zero-order valence-corrected chi connectivity index (χ0v) is 16.3. The molecule has 1 aromatic heterocycles. The molecule has 5 heteroatoms. The van der Waals surface area contributed by atoms with Gasteiger partial charge >= 0.3 is 0 Å². The topological polar surface area (TPSA) is 41.4 Å². The van der Waals surface area contributed by atoms with Gasteiger partial charge < -0.3 is 4.90 Å². The maximum absolute atomic E-state index is 12.3. The molecule has 1 atom stereocenters. The third-order valence-corrected chi connectivity index (χ3v) is 4.74. The van der Waals surface area contributed by atoms with Crippen LogP contribution in [0.2, 0.25) is 0 Å². The molecule has 1 amide bonds. The third kappa shape index (κ3) is 4.26. The zero-order valence-electron chi connectivity index (χ0n) is 16.3. The van der Waals surface area contributed by atoms with E-state index >= 15 is 0 Å². The smallest absolute Gasteiger partial charge is 0.239 e. The fourth-order valence-electron chi connectivity index (χ4n) is 3.05. The summed E-state index contributed by atoms with van der Waals surface area (Å²) >= 11 is 0. The van der Waals surface area contributed by atoms with Gasteiger partial charge in [-0.1, -0.05) is 48.5 Å². The molecule has 0 aliphatic rings. The lowest BCUT2D eigenvalue weighted by atomic mass is 10.1. The molecule has 1 heterocycles. The minimum absolute atomic E-state index is 0.0919. The minimum Gasteiger partial charge on any atom is -0.347 e. The maximum Gasteiger partial charge on any atom is 0.239 e. The molecule has 0 aliphatic carbocycles. The Labute approximate surface area is 160 Å². The van der Waals surface area contributed by atoms with E-state index in [4.69, 9.17) is 5.10 Å². The average molecular weight is 362 g/mol. The number of aromatic nitrogens is 2. The van der Waals surface area contributed by atoms with E-state index in [0.29, 0.717) is 6.54 Å². The second-order valence-electron chi connectivity index (χ2n) is 6.97. The quantitative estimate of drug-likeness (QED) is 0.674. The number of hydrogen-bond acceptors (Lipinski definition) is 3. The van der Waals surface area contributed by atoms with Crippen molar-refractivity contribution < 1.29 is 4.79 Å². The van der Waals surface area contributed by atoms with E-state index < -0.39 is 0 Å². The van der Waals surface area contributed by atoms with Crippen LogP contribution in [0.5, 0.6) is 0 Å². The van der Waals surface area contributed by atoms with Gasteiger partial charge in [-0.05, 0) is 26.1 Å². The molecular formula is C22H26N4O. The van der Waals surface area contributed by atoms with Crippen molar-refractivity contribution in [1.82, 2.24) is 19.6 Å². The molecule has 0 aliphatic heterocycles. The SMILES string of the molecule is C[C@@H](C(=O)N(C)C)N(C)Cc1cn(-c2ccccc2)nc1-c1ccccc1. The van der Waals surface area contributed by atoms with Crippen molar-refractivity contribution in [3.05, 3.63) is 72.4 Å². The molecule has 27 heavy (non-hydrogen) atoms. The van der Waals surface area contributed by atoms with Gasteiger partial charge in [-0.15, -0.1) is 0 Å². The van der Waals surface area contributed by atoms with Gasteiger partial charge in [0, 0.05) is 38.0 Å². The van der Waals surface area contributed by atoms with Crippen LogP contribution in [0.1, 0.15) is 12.5 Å². The number of benzene rings is 2. The number of likely N-dealkylation sites (N-methyl/N-ethyl adjacent to an activating group) is 2. The first-order valence-corrected chi connectivity index (χ1v) is 9.08. The first-order valence-electron chi connectivity index (χ1n) is 9.08. The van der Waals surface area contributed by atoms with Gasteiger partial charge in [0.1, 0.15) is 0 Å². The van der Waals surface area contributed by atoms with E-state index in [2.05, 4.69) is 23.2 Å². The van der Waals surface area contributed by atoms with E-state index in [9.17, 15) is 4.79 Å². The van der Waals surface area contributed by atoms with Crippen LogP contribution >= 0.6 is 0 Å². The number of carbonyl (C=O) groups is 1. The van der Waals surface area contributed by atoms with Crippen LogP contribution in [0.3, 0.4) is 0 Å². The lowest BCUT2D eigenvalue weighted by Crippen LogP contribution is -2.42. The highest BCUT2D eigenvalue weighted by atomic mass is 16.2. The van der Waals surface area contributed by atoms with Crippen molar-refractivity contribution >= 4 is 5.91 Å². The fourth-order valence-corrected chi connectivity index (χ4v) is 3.05. The van der Waals surface area contributed by atoms with Crippen molar-refractivity contribution in [2.75, 3.05) is 21.1 Å². The summed E-state index contributed by atoms with van der Waals surface area (Å²) in [7, 11) is 5.55. The van der Waals surface area contributed by atoms with E-state index in [1.807, 2.05) is 67.2 Å². The minimum atomic E-state index is -0.205. The van der Waals surface area contributed by atoms with Crippen LogP contribution in [-0.2, 0) is 11.3 Å². The molecule has 2 aromatic carbocycles. The van der Waals surface area contributed by atoms with Gasteiger partial charge in [0.15, 0.2) is 0 Å². The Balaban J connectivity index is 1.95. The molecule has 0 fully saturated rings. The second-order valence-corrected chi connectivity index (χ2v) is 6.97. The molecule has 0 radical (unpaired) electrons. The number of hydrogen-bond donors (Lipinski definition) is 0. The fraction of sp³-hybridized carbons (Fsp3) is 0.273. The Morgan fingerprint density at radius 1 is 1.00 bits per heavy atom. The van der Waals surface area contributed by atoms with E-state index in [1.54, 1.807) is 19.0 Å². The van der Waals surface area contributed by atoms with Crippen LogP contribution in [0.4, 0.5) is 0 Å². The summed E-state index contributed by atoms with van der Waals surface area (Å²) in [4.78, 5) is 16.0. The van der Waals surface area contributed by atoms with Gasteiger partial charge in [-0.25, -0.2) is 4.68 Å². The van der Waals surface area contributed by atoms with Crippen molar-refractivity contribution in [2.24, 2.45) is 0 Å². The molecule has 140 valence electrons. The van der Waals surface area contributed by atoms with Gasteiger partial charge in [0.25, 0.3) is 0 Å². The zero-order chi connectivity index (χ0) is 19.4. The second kappa shape index (κ2) is 8.18. The number of rotatable bonds is 6. The standard InChI is InChI=1S/C22H26N4O/c1-17(22(27)24(2)3)25(4)15-19-16-26(20-13-9-6-10-14-20)23-21(19)18-11-7-5-8-12-18/h5-14,16-17H,15H2,1-4H3/t17-/m0/s1. The number of carbonyl (C=O) groups excluding carboxylic acids is 1. The molecule has 5 nitrogen and oxygen atoms in total. The van der Waals surface area contributed by atoms with E-state index in [1.165, 1.54) is 0 Å². The van der Waals surface area contributed by atoms with Crippen molar-refractivity contribution in [3.63, 3.8) is 0 Å². The summed E-state index contributed by atoms with van der Waals surface area (Å²) in [5, 5.41) is 4.84. The predicted molar refractivity (Wildman–Crippen MR) is 109 cm³/mol. The average Bonchev–Trinajstić information content (AvgIpc) is 3.11. The molecule has 0 N–H and O–H groups in total. The highest BCUT2D eigenvalue weighted by Gasteiger charge is 2.22. The van der Waals surface area contributed by atoms with Gasteiger partial charge in [0.2, 0.25) is 5.91 Å². The lowest BCUT2D eigenvalue weighted by molar-refractivity contribution is -0.133. The summed E-state index contributed by atoms with van der Waals surface area (Å²) < 4.78 is 1.91. The molecule has 3 aromatic rings. The van der Waals surface area contributed by atoms with Crippen molar-refractivity contribution in [1.29, 1.82) is 0 Å². The molecule has 3 rings (SSSR count). The molecule has 0 bridgehead atoms. The Morgan fingerprint density at radius 3 is 2.19 bits per heavy atom. The summed E-state index contributed by atoms with van der Waals surface area (Å²) in [5.41, 5.74) is 4.12. The van der Waals surface area contributed by atoms with Crippen LogP contribution in [0, 0.1) is 0 Å². The van der Waals surface area contributed by atoms with Crippen molar-refractivity contribution in [2.45, 2.75) is 19.5 Å². The maximum atomic E-state index is 12.3. The van der Waals surface area contributed by atoms with E-state index in [0.717, 1.165) is 22.5 Å². The number of para-hydroxylation sites is 1. The van der Waals surface area contributed by atoms with Crippen LogP contribution in [-0.4, -0.2) is 52.7 Å². The van der Waals surface area contributed by atoms with E-state index in [-0.39, 0.29) is 11.9 Å². The van der Waals surface area contributed by atoms with Gasteiger partial charge in [-0.2, -0.15) is 5.10 Å². The van der Waals surface area contributed by atoms with Gasteiger partial charge in [-0.3, -0.25) is 9.69 Å². The highest BCUT2D eigenvalue weighted by molar-refractivity contribution is 5.80. The number of amides is 1. The van der Waals surface area contributed by atoms with Crippen LogP contribution in [0.25, 0.3) is 16.9 Å². The Bertz CT molecular complexity index is 887. The predicted octanol–water partition coefficient (Wildman–Crippen LogP) is 3.45. The normalized spacial score (nSPS) is 12.2. The molecule has 0 saturated heterocycles. The first kappa shape index (κ1) is 18.9. The number of nitrogens with zero attached hydrogens (tertiary/aromatic N) is 4.